The summed E-state index contributed by atoms with van der Waals surface area (Å²) in [5.41, 5.74) is 9.61. The Balaban J connectivity index is 1.69. The van der Waals surface area contributed by atoms with Gasteiger partial charge >= 0.3 is 0 Å². The van der Waals surface area contributed by atoms with Crippen LogP contribution in [0.2, 0.25) is 0 Å². The van der Waals surface area contributed by atoms with Crippen molar-refractivity contribution in [2.24, 2.45) is 0 Å². The van der Waals surface area contributed by atoms with Crippen LogP contribution in [0.1, 0.15) is 23.2 Å². The number of hydrogen-bond acceptors (Lipinski definition) is 3. The monoisotopic (exact) mass is 272 g/mol. The van der Waals surface area contributed by atoms with Crippen LogP contribution in [0.3, 0.4) is 0 Å². The lowest BCUT2D eigenvalue weighted by atomic mass is 10.1. The molecule has 0 fully saturated rings. The van der Waals surface area contributed by atoms with Gasteiger partial charge in [0, 0.05) is 17.9 Å². The fourth-order valence-corrected chi connectivity index (χ4v) is 2.09. The molecular weight excluding hydrogens is 252 g/mol. The molecule has 0 aliphatic heterocycles. The van der Waals surface area contributed by atoms with E-state index in [-0.39, 0.29) is 5.91 Å². The number of nitrogens with one attached hydrogen (secondary N) is 2. The molecular formula is C15H20N4O. The second-order valence-corrected chi connectivity index (χ2v) is 4.90. The first-order valence-electron chi connectivity index (χ1n) is 6.75. The number of rotatable bonds is 6. The summed E-state index contributed by atoms with van der Waals surface area (Å²) < 4.78 is 0. The molecule has 1 aromatic heterocycles. The molecule has 1 amide bonds. The number of carbonyl (C=O) groups excluding carboxylic acids is 1. The topological polar surface area (TPSA) is 83.8 Å². The average Bonchev–Trinajstić information content (AvgIpc) is 2.80. The van der Waals surface area contributed by atoms with Gasteiger partial charge in [-0.2, -0.15) is 5.10 Å². The molecule has 106 valence electrons. The molecule has 0 aliphatic carbocycles. The van der Waals surface area contributed by atoms with Gasteiger partial charge in [-0.05, 0) is 43.0 Å². The number of aromatic nitrogens is 2. The van der Waals surface area contributed by atoms with Crippen molar-refractivity contribution >= 4 is 11.6 Å². The number of hydrogen-bond donors (Lipinski definition) is 3. The van der Waals surface area contributed by atoms with Crippen molar-refractivity contribution in [2.45, 2.75) is 26.2 Å². The summed E-state index contributed by atoms with van der Waals surface area (Å²) in [5.74, 6) is 0.0273. The minimum Gasteiger partial charge on any atom is -0.399 e. The molecule has 0 unspecified atom stereocenters. The lowest BCUT2D eigenvalue weighted by Gasteiger charge is -2.05. The first-order chi connectivity index (χ1) is 9.65. The maximum absolute atomic E-state index is 11.8. The Bertz CT molecular complexity index is 577. The Kier molecular flexibility index (Phi) is 4.76. The first-order valence-corrected chi connectivity index (χ1v) is 6.75. The molecule has 0 bridgehead atoms. The molecule has 20 heavy (non-hydrogen) atoms. The van der Waals surface area contributed by atoms with E-state index in [1.807, 2.05) is 37.4 Å². The summed E-state index contributed by atoms with van der Waals surface area (Å²) in [4.78, 5) is 11.8. The molecule has 5 heteroatoms. The molecule has 2 aromatic rings. The Morgan fingerprint density at radius 1 is 1.45 bits per heavy atom. The Morgan fingerprint density at radius 3 is 3.00 bits per heavy atom. The number of aryl methyl sites for hydroxylation is 2. The van der Waals surface area contributed by atoms with E-state index in [1.165, 1.54) is 5.56 Å². The third kappa shape index (κ3) is 4.12. The molecule has 2 rings (SSSR count). The highest BCUT2D eigenvalue weighted by Gasteiger charge is 2.04. The van der Waals surface area contributed by atoms with Crippen molar-refractivity contribution in [3.05, 3.63) is 47.3 Å². The second kappa shape index (κ2) is 6.75. The summed E-state index contributed by atoms with van der Waals surface area (Å²) in [5, 5.41) is 9.80. The predicted octanol–water partition coefficient (Wildman–Crippen LogP) is 1.59. The Hall–Kier alpha value is -2.30. The van der Waals surface area contributed by atoms with Gasteiger partial charge in [0.25, 0.3) is 0 Å². The standard InChI is InChI=1S/C15H20N4O/c1-11-13(10-18-19-11)5-3-7-17-15(20)9-12-4-2-6-14(16)8-12/h2,4,6,8,10H,3,5,7,9,16H2,1H3,(H,17,20)(H,18,19). The van der Waals surface area contributed by atoms with Crippen LogP contribution in [-0.4, -0.2) is 22.6 Å². The van der Waals surface area contributed by atoms with Crippen LogP contribution in [-0.2, 0) is 17.6 Å². The molecule has 0 aliphatic rings. The van der Waals surface area contributed by atoms with Crippen LogP contribution in [0.4, 0.5) is 5.69 Å². The zero-order chi connectivity index (χ0) is 14.4. The number of H-pyrrole nitrogens is 1. The zero-order valence-electron chi connectivity index (χ0n) is 11.6. The van der Waals surface area contributed by atoms with Crippen LogP contribution in [0.15, 0.2) is 30.5 Å². The highest BCUT2D eigenvalue weighted by atomic mass is 16.1. The van der Waals surface area contributed by atoms with Crippen molar-refractivity contribution < 1.29 is 4.79 Å². The van der Waals surface area contributed by atoms with Crippen LogP contribution in [0, 0.1) is 6.92 Å². The van der Waals surface area contributed by atoms with Gasteiger partial charge in [0.05, 0.1) is 12.6 Å². The van der Waals surface area contributed by atoms with Crippen molar-refractivity contribution in [2.75, 3.05) is 12.3 Å². The molecule has 0 radical (unpaired) electrons. The lowest BCUT2D eigenvalue weighted by molar-refractivity contribution is -0.120. The summed E-state index contributed by atoms with van der Waals surface area (Å²) in [6, 6.07) is 7.41. The van der Waals surface area contributed by atoms with Crippen LogP contribution in [0.5, 0.6) is 0 Å². The number of benzene rings is 1. The normalized spacial score (nSPS) is 10.4. The molecule has 0 spiro atoms. The van der Waals surface area contributed by atoms with Crippen molar-refractivity contribution in [3.63, 3.8) is 0 Å². The second-order valence-electron chi connectivity index (χ2n) is 4.90. The van der Waals surface area contributed by atoms with Crippen molar-refractivity contribution in [1.29, 1.82) is 0 Å². The van der Waals surface area contributed by atoms with E-state index in [0.29, 0.717) is 18.7 Å². The highest BCUT2D eigenvalue weighted by molar-refractivity contribution is 5.78. The van der Waals surface area contributed by atoms with E-state index in [4.69, 9.17) is 5.73 Å². The fourth-order valence-electron chi connectivity index (χ4n) is 2.09. The van der Waals surface area contributed by atoms with E-state index in [2.05, 4.69) is 15.5 Å². The quantitative estimate of drug-likeness (QED) is 0.551. The number of nitrogen functional groups attached to an aromatic ring is 1. The van der Waals surface area contributed by atoms with Crippen molar-refractivity contribution in [1.82, 2.24) is 15.5 Å². The molecule has 0 saturated heterocycles. The minimum atomic E-state index is 0.0273. The zero-order valence-corrected chi connectivity index (χ0v) is 11.6. The van der Waals surface area contributed by atoms with Gasteiger partial charge in [0.15, 0.2) is 0 Å². The fraction of sp³-hybridized carbons (Fsp3) is 0.333. The predicted molar refractivity (Wildman–Crippen MR) is 79.2 cm³/mol. The van der Waals surface area contributed by atoms with Crippen molar-refractivity contribution in [3.8, 4) is 0 Å². The SMILES string of the molecule is Cc1[nH]ncc1CCCNC(=O)Cc1cccc(N)c1. The van der Waals surface area contributed by atoms with E-state index in [0.717, 1.165) is 24.1 Å². The summed E-state index contributed by atoms with van der Waals surface area (Å²) in [6.45, 7) is 2.67. The maximum Gasteiger partial charge on any atom is 0.224 e. The molecule has 0 atom stereocenters. The van der Waals surface area contributed by atoms with E-state index < -0.39 is 0 Å². The average molecular weight is 272 g/mol. The number of nitrogens with two attached hydrogens (primary N) is 1. The van der Waals surface area contributed by atoms with Crippen LogP contribution in [0.25, 0.3) is 0 Å². The molecule has 1 heterocycles. The highest BCUT2D eigenvalue weighted by Crippen LogP contribution is 2.07. The molecule has 5 nitrogen and oxygen atoms in total. The number of carbonyl (C=O) groups is 1. The van der Waals surface area contributed by atoms with Gasteiger partial charge in [-0.15, -0.1) is 0 Å². The Labute approximate surface area is 118 Å². The summed E-state index contributed by atoms with van der Waals surface area (Å²) in [6.07, 6.45) is 4.03. The van der Waals surface area contributed by atoms with Crippen LogP contribution >= 0.6 is 0 Å². The number of amides is 1. The number of anilines is 1. The van der Waals surface area contributed by atoms with Gasteiger partial charge in [0.1, 0.15) is 0 Å². The van der Waals surface area contributed by atoms with Gasteiger partial charge in [0.2, 0.25) is 5.91 Å². The minimum absolute atomic E-state index is 0.0273. The first kappa shape index (κ1) is 14.1. The summed E-state index contributed by atoms with van der Waals surface area (Å²) >= 11 is 0. The molecule has 4 N–H and O–H groups in total. The maximum atomic E-state index is 11.8. The summed E-state index contributed by atoms with van der Waals surface area (Å²) in [7, 11) is 0. The third-order valence-electron chi connectivity index (χ3n) is 3.20. The van der Waals surface area contributed by atoms with Gasteiger partial charge in [-0.3, -0.25) is 9.89 Å². The van der Waals surface area contributed by atoms with E-state index >= 15 is 0 Å². The molecule has 1 aromatic carbocycles. The Morgan fingerprint density at radius 2 is 2.30 bits per heavy atom. The van der Waals surface area contributed by atoms with Gasteiger partial charge in [-0.1, -0.05) is 12.1 Å². The number of nitrogens with zero attached hydrogens (tertiary/aromatic N) is 1. The largest absolute Gasteiger partial charge is 0.399 e. The van der Waals surface area contributed by atoms with Gasteiger partial charge in [-0.25, -0.2) is 0 Å². The lowest BCUT2D eigenvalue weighted by Crippen LogP contribution is -2.26. The van der Waals surface area contributed by atoms with Gasteiger partial charge < -0.3 is 11.1 Å². The molecule has 0 saturated carbocycles. The smallest absolute Gasteiger partial charge is 0.224 e. The third-order valence-corrected chi connectivity index (χ3v) is 3.20. The van der Waals surface area contributed by atoms with E-state index in [9.17, 15) is 4.79 Å². The van der Waals surface area contributed by atoms with E-state index in [1.54, 1.807) is 0 Å². The number of aromatic amines is 1. The van der Waals surface area contributed by atoms with Crippen LogP contribution < -0.4 is 11.1 Å².